The molecule has 9 heteroatoms. The van der Waals surface area contributed by atoms with E-state index in [4.69, 9.17) is 11.6 Å². The topological polar surface area (TPSA) is 86.8 Å². The van der Waals surface area contributed by atoms with E-state index >= 15 is 0 Å². The first-order chi connectivity index (χ1) is 18.5. The summed E-state index contributed by atoms with van der Waals surface area (Å²) in [5, 5.41) is 3.44. The molecule has 0 heterocycles. The molecule has 1 atom stereocenters. The summed E-state index contributed by atoms with van der Waals surface area (Å²) in [6, 6.07) is 22.6. The van der Waals surface area contributed by atoms with Gasteiger partial charge in [0.1, 0.15) is 12.6 Å². The van der Waals surface area contributed by atoms with E-state index in [9.17, 15) is 18.0 Å². The van der Waals surface area contributed by atoms with Crippen LogP contribution in [0.4, 0.5) is 5.69 Å². The predicted molar refractivity (Wildman–Crippen MR) is 157 cm³/mol. The molecule has 3 aromatic carbocycles. The third-order valence-corrected chi connectivity index (χ3v) is 7.63. The van der Waals surface area contributed by atoms with Gasteiger partial charge in [0.15, 0.2) is 0 Å². The minimum Gasteiger partial charge on any atom is -0.352 e. The first-order valence-electron chi connectivity index (χ1n) is 12.9. The third-order valence-electron chi connectivity index (χ3n) is 6.26. The standard InChI is InChI=1S/C30H36ClN3O4S/c1-5-25-15-9-10-17-27(25)34(39(4,37)38)21-29(35)33(20-24-14-11-16-26(31)18-24)28(30(36)32-22(2)3)19-23-12-7-6-8-13-23/h6-18,22,28H,5,19-21H2,1-4H3,(H,32,36). The fourth-order valence-corrected chi connectivity index (χ4v) is 5.51. The van der Waals surface area contributed by atoms with Crippen LogP contribution < -0.4 is 9.62 Å². The first kappa shape index (κ1) is 30.2. The molecule has 0 aliphatic heterocycles. The lowest BCUT2D eigenvalue weighted by Crippen LogP contribution is -2.54. The molecule has 0 spiro atoms. The van der Waals surface area contributed by atoms with Crippen LogP contribution >= 0.6 is 11.6 Å². The number of anilines is 1. The highest BCUT2D eigenvalue weighted by Gasteiger charge is 2.33. The van der Waals surface area contributed by atoms with Crippen molar-refractivity contribution in [3.8, 4) is 0 Å². The number of benzene rings is 3. The molecular weight excluding hydrogens is 534 g/mol. The number of hydrogen-bond donors (Lipinski definition) is 1. The van der Waals surface area contributed by atoms with Crippen molar-refractivity contribution in [2.24, 2.45) is 0 Å². The largest absolute Gasteiger partial charge is 0.352 e. The summed E-state index contributed by atoms with van der Waals surface area (Å²) in [4.78, 5) is 29.1. The zero-order valence-electron chi connectivity index (χ0n) is 22.8. The van der Waals surface area contributed by atoms with Crippen LogP contribution in [-0.4, -0.2) is 50.0 Å². The normalized spacial score (nSPS) is 12.2. The van der Waals surface area contributed by atoms with Crippen LogP contribution in [0.25, 0.3) is 0 Å². The van der Waals surface area contributed by atoms with Gasteiger partial charge in [-0.3, -0.25) is 13.9 Å². The van der Waals surface area contributed by atoms with Gasteiger partial charge in [-0.15, -0.1) is 0 Å². The Balaban J connectivity index is 2.08. The first-order valence-corrected chi connectivity index (χ1v) is 15.2. The van der Waals surface area contributed by atoms with Crippen LogP contribution in [0, 0.1) is 0 Å². The van der Waals surface area contributed by atoms with E-state index in [0.29, 0.717) is 17.1 Å². The molecule has 208 valence electrons. The summed E-state index contributed by atoms with van der Waals surface area (Å²) in [5.74, 6) is -0.810. The SMILES string of the molecule is CCc1ccccc1N(CC(=O)N(Cc1cccc(Cl)c1)C(Cc1ccccc1)C(=O)NC(C)C)S(C)(=O)=O. The van der Waals surface area contributed by atoms with Gasteiger partial charge >= 0.3 is 0 Å². The molecule has 7 nitrogen and oxygen atoms in total. The summed E-state index contributed by atoms with van der Waals surface area (Å²) < 4.78 is 27.0. The average Bonchev–Trinajstić information content (AvgIpc) is 2.88. The highest BCUT2D eigenvalue weighted by Crippen LogP contribution is 2.25. The molecule has 3 aromatic rings. The molecule has 39 heavy (non-hydrogen) atoms. The fraction of sp³-hybridized carbons (Fsp3) is 0.333. The molecule has 0 saturated carbocycles. The number of rotatable bonds is 12. The highest BCUT2D eigenvalue weighted by atomic mass is 35.5. The number of nitrogens with one attached hydrogen (secondary N) is 1. The van der Waals surface area contributed by atoms with Crippen molar-refractivity contribution in [2.75, 3.05) is 17.1 Å². The second-order valence-electron chi connectivity index (χ2n) is 9.77. The van der Waals surface area contributed by atoms with Gasteiger partial charge in [-0.2, -0.15) is 0 Å². The summed E-state index contributed by atoms with van der Waals surface area (Å²) in [5.41, 5.74) is 2.85. The summed E-state index contributed by atoms with van der Waals surface area (Å²) in [7, 11) is -3.82. The Bertz CT molecular complexity index is 1380. The molecule has 1 N–H and O–H groups in total. The smallest absolute Gasteiger partial charge is 0.244 e. The van der Waals surface area contributed by atoms with Gasteiger partial charge in [0.25, 0.3) is 0 Å². The number of nitrogens with zero attached hydrogens (tertiary/aromatic N) is 2. The van der Waals surface area contributed by atoms with Crippen LogP contribution in [0.2, 0.25) is 5.02 Å². The minimum atomic E-state index is -3.82. The van der Waals surface area contributed by atoms with Gasteiger partial charge in [-0.05, 0) is 55.2 Å². The number of halogens is 1. The quantitative estimate of drug-likeness (QED) is 0.338. The van der Waals surface area contributed by atoms with Crippen LogP contribution in [0.5, 0.6) is 0 Å². The average molecular weight is 570 g/mol. The Labute approximate surface area is 236 Å². The highest BCUT2D eigenvalue weighted by molar-refractivity contribution is 7.92. The van der Waals surface area contributed by atoms with Crippen molar-refractivity contribution < 1.29 is 18.0 Å². The van der Waals surface area contributed by atoms with Crippen molar-refractivity contribution in [2.45, 2.75) is 52.2 Å². The Morgan fingerprint density at radius 3 is 2.18 bits per heavy atom. The predicted octanol–water partition coefficient (Wildman–Crippen LogP) is 4.83. The lowest BCUT2D eigenvalue weighted by atomic mass is 10.0. The van der Waals surface area contributed by atoms with E-state index < -0.39 is 28.5 Å². The molecule has 2 amide bonds. The monoisotopic (exact) mass is 569 g/mol. The van der Waals surface area contributed by atoms with Crippen LogP contribution in [0.1, 0.15) is 37.5 Å². The maximum atomic E-state index is 14.1. The number of aryl methyl sites for hydroxylation is 1. The molecule has 3 rings (SSSR count). The number of amides is 2. The zero-order chi connectivity index (χ0) is 28.6. The molecule has 0 aliphatic carbocycles. The Hall–Kier alpha value is -3.36. The van der Waals surface area contributed by atoms with Gasteiger partial charge in [0.2, 0.25) is 21.8 Å². The number of sulfonamides is 1. The van der Waals surface area contributed by atoms with Gasteiger partial charge in [0.05, 0.1) is 11.9 Å². The number of para-hydroxylation sites is 1. The minimum absolute atomic E-state index is 0.0788. The number of carbonyl (C=O) groups is 2. The Morgan fingerprint density at radius 1 is 0.923 bits per heavy atom. The van der Waals surface area contributed by atoms with Gasteiger partial charge in [0, 0.05) is 24.0 Å². The summed E-state index contributed by atoms with van der Waals surface area (Å²) in [6.07, 6.45) is 1.94. The van der Waals surface area contributed by atoms with Crippen molar-refractivity contribution in [3.63, 3.8) is 0 Å². The molecule has 1 unspecified atom stereocenters. The molecule has 0 aromatic heterocycles. The van der Waals surface area contributed by atoms with Gasteiger partial charge < -0.3 is 10.2 Å². The molecule has 0 radical (unpaired) electrons. The number of hydrogen-bond acceptors (Lipinski definition) is 4. The maximum absolute atomic E-state index is 14.1. The van der Waals surface area contributed by atoms with E-state index in [-0.39, 0.29) is 24.9 Å². The third kappa shape index (κ3) is 8.57. The van der Waals surface area contributed by atoms with E-state index in [1.807, 2.05) is 69.3 Å². The second kappa shape index (κ2) is 13.6. The van der Waals surface area contributed by atoms with Crippen LogP contribution in [0.3, 0.4) is 0 Å². The lowest BCUT2D eigenvalue weighted by Gasteiger charge is -2.34. The maximum Gasteiger partial charge on any atom is 0.244 e. The molecule has 0 bridgehead atoms. The summed E-state index contributed by atoms with van der Waals surface area (Å²) >= 11 is 6.24. The van der Waals surface area contributed by atoms with Crippen molar-refractivity contribution in [1.82, 2.24) is 10.2 Å². The second-order valence-corrected chi connectivity index (χ2v) is 12.1. The van der Waals surface area contributed by atoms with Crippen molar-refractivity contribution >= 4 is 39.1 Å². The van der Waals surface area contributed by atoms with E-state index in [1.54, 1.807) is 30.3 Å². The van der Waals surface area contributed by atoms with Crippen molar-refractivity contribution in [3.05, 3.63) is 101 Å². The van der Waals surface area contributed by atoms with Crippen LogP contribution in [0.15, 0.2) is 78.9 Å². The Kier molecular flexibility index (Phi) is 10.5. The molecule has 0 aliphatic rings. The van der Waals surface area contributed by atoms with E-state index in [0.717, 1.165) is 27.3 Å². The van der Waals surface area contributed by atoms with E-state index in [2.05, 4.69) is 5.32 Å². The molecule has 0 fully saturated rings. The van der Waals surface area contributed by atoms with Crippen molar-refractivity contribution in [1.29, 1.82) is 0 Å². The molecular formula is C30H36ClN3O4S. The van der Waals surface area contributed by atoms with Gasteiger partial charge in [-0.1, -0.05) is 79.2 Å². The summed E-state index contributed by atoms with van der Waals surface area (Å²) in [6.45, 7) is 5.27. The van der Waals surface area contributed by atoms with Crippen LogP contribution in [-0.2, 0) is 39.0 Å². The zero-order valence-corrected chi connectivity index (χ0v) is 24.4. The van der Waals surface area contributed by atoms with Gasteiger partial charge in [-0.25, -0.2) is 8.42 Å². The van der Waals surface area contributed by atoms with E-state index in [1.165, 1.54) is 4.90 Å². The molecule has 0 saturated heterocycles. The lowest BCUT2D eigenvalue weighted by molar-refractivity contribution is -0.140. The fourth-order valence-electron chi connectivity index (χ4n) is 4.41. The Morgan fingerprint density at radius 2 is 1.56 bits per heavy atom. The number of carbonyl (C=O) groups excluding carboxylic acids is 2.